The highest BCUT2D eigenvalue weighted by atomic mass is 32.1. The molecule has 0 aromatic carbocycles. The maximum absolute atomic E-state index is 10.8. The Hall–Kier alpha value is -1.74. The predicted molar refractivity (Wildman–Crippen MR) is 73.9 cm³/mol. The lowest BCUT2D eigenvalue weighted by atomic mass is 9.94. The van der Waals surface area contributed by atoms with Crippen LogP contribution in [0.15, 0.2) is 36.2 Å². The van der Waals surface area contributed by atoms with Crippen molar-refractivity contribution >= 4 is 23.7 Å². The standard InChI is InChI=1S/C15H13NOS/c17-10-14-8-13-4-3-11(7-15(13)18-14)6-12-2-1-5-16-9-12/h1-2,5,7-10H,3-4,6H2. The number of nitrogens with zero attached hydrogens (tertiary/aromatic N) is 1. The molecule has 0 spiro atoms. The number of aryl methyl sites for hydroxylation is 1. The predicted octanol–water partition coefficient (Wildman–Crippen LogP) is 3.53. The molecule has 0 saturated carbocycles. The number of hydrogen-bond acceptors (Lipinski definition) is 3. The lowest BCUT2D eigenvalue weighted by molar-refractivity contribution is 0.112. The second kappa shape index (κ2) is 4.86. The van der Waals surface area contributed by atoms with Gasteiger partial charge in [-0.25, -0.2) is 0 Å². The molecule has 18 heavy (non-hydrogen) atoms. The quantitative estimate of drug-likeness (QED) is 0.785. The van der Waals surface area contributed by atoms with Gasteiger partial charge in [-0.2, -0.15) is 0 Å². The topological polar surface area (TPSA) is 30.0 Å². The van der Waals surface area contributed by atoms with Crippen molar-refractivity contribution < 1.29 is 4.79 Å². The first-order chi connectivity index (χ1) is 8.85. The Morgan fingerprint density at radius 1 is 1.39 bits per heavy atom. The minimum Gasteiger partial charge on any atom is -0.297 e. The Balaban J connectivity index is 1.85. The van der Waals surface area contributed by atoms with Crippen molar-refractivity contribution in [2.24, 2.45) is 0 Å². The minimum atomic E-state index is 0.832. The third kappa shape index (κ3) is 2.27. The van der Waals surface area contributed by atoms with Crippen LogP contribution in [-0.4, -0.2) is 11.3 Å². The van der Waals surface area contributed by atoms with Crippen molar-refractivity contribution in [3.05, 3.63) is 57.0 Å². The van der Waals surface area contributed by atoms with Gasteiger partial charge >= 0.3 is 0 Å². The molecule has 1 aliphatic carbocycles. The van der Waals surface area contributed by atoms with Gasteiger partial charge in [-0.1, -0.05) is 11.6 Å². The lowest BCUT2D eigenvalue weighted by Gasteiger charge is -2.13. The van der Waals surface area contributed by atoms with Crippen LogP contribution in [0, 0.1) is 0 Å². The van der Waals surface area contributed by atoms with E-state index < -0.39 is 0 Å². The van der Waals surface area contributed by atoms with E-state index in [1.165, 1.54) is 21.6 Å². The average molecular weight is 255 g/mol. The molecule has 2 heterocycles. The van der Waals surface area contributed by atoms with Crippen molar-refractivity contribution in [3.63, 3.8) is 0 Å². The van der Waals surface area contributed by atoms with Crippen LogP contribution < -0.4 is 0 Å². The fourth-order valence-electron chi connectivity index (χ4n) is 2.30. The zero-order valence-electron chi connectivity index (χ0n) is 9.93. The van der Waals surface area contributed by atoms with Crippen LogP contribution >= 0.6 is 11.3 Å². The SMILES string of the molecule is O=Cc1cc2c(s1)C=C(Cc1cccnc1)CC2. The summed E-state index contributed by atoms with van der Waals surface area (Å²) >= 11 is 1.59. The van der Waals surface area contributed by atoms with Crippen LogP contribution in [-0.2, 0) is 12.8 Å². The van der Waals surface area contributed by atoms with Crippen LogP contribution in [0.4, 0.5) is 0 Å². The Morgan fingerprint density at radius 2 is 2.33 bits per heavy atom. The highest BCUT2D eigenvalue weighted by Gasteiger charge is 2.14. The molecule has 0 aliphatic heterocycles. The summed E-state index contributed by atoms with van der Waals surface area (Å²) in [5.41, 5.74) is 3.99. The molecule has 0 saturated heterocycles. The normalized spacial score (nSPS) is 13.9. The van der Waals surface area contributed by atoms with Gasteiger partial charge in [-0.15, -0.1) is 11.3 Å². The van der Waals surface area contributed by atoms with Crippen molar-refractivity contribution in [1.82, 2.24) is 4.98 Å². The van der Waals surface area contributed by atoms with Crippen molar-refractivity contribution in [2.45, 2.75) is 19.3 Å². The van der Waals surface area contributed by atoms with Gasteiger partial charge in [-0.3, -0.25) is 9.78 Å². The lowest BCUT2D eigenvalue weighted by Crippen LogP contribution is -1.99. The van der Waals surface area contributed by atoms with E-state index in [2.05, 4.69) is 17.1 Å². The fraction of sp³-hybridized carbons (Fsp3) is 0.200. The van der Waals surface area contributed by atoms with Gasteiger partial charge < -0.3 is 0 Å². The zero-order valence-corrected chi connectivity index (χ0v) is 10.7. The van der Waals surface area contributed by atoms with E-state index in [4.69, 9.17) is 0 Å². The van der Waals surface area contributed by atoms with Gasteiger partial charge in [0, 0.05) is 17.3 Å². The molecule has 2 nitrogen and oxygen atoms in total. The molecule has 0 amide bonds. The molecule has 0 N–H and O–H groups in total. The molecule has 2 aromatic rings. The first-order valence-corrected chi connectivity index (χ1v) is 6.83. The number of carbonyl (C=O) groups is 1. The maximum Gasteiger partial charge on any atom is 0.160 e. The van der Waals surface area contributed by atoms with E-state index in [0.717, 1.165) is 30.4 Å². The second-order valence-corrected chi connectivity index (χ2v) is 5.61. The molecule has 3 rings (SSSR count). The van der Waals surface area contributed by atoms with Gasteiger partial charge in [0.1, 0.15) is 0 Å². The molecule has 1 aliphatic rings. The Kier molecular flexibility index (Phi) is 3.07. The number of fused-ring (bicyclic) bond motifs is 1. The highest BCUT2D eigenvalue weighted by Crippen LogP contribution is 2.31. The number of carbonyl (C=O) groups excluding carboxylic acids is 1. The minimum absolute atomic E-state index is 0.832. The van der Waals surface area contributed by atoms with Crippen LogP contribution in [0.25, 0.3) is 6.08 Å². The summed E-state index contributed by atoms with van der Waals surface area (Å²) in [7, 11) is 0. The Labute approximate surface area is 110 Å². The van der Waals surface area contributed by atoms with E-state index in [1.807, 2.05) is 18.3 Å². The molecule has 0 fully saturated rings. The van der Waals surface area contributed by atoms with E-state index in [1.54, 1.807) is 17.5 Å². The molecular weight excluding hydrogens is 242 g/mol. The fourth-order valence-corrected chi connectivity index (χ4v) is 3.32. The van der Waals surface area contributed by atoms with Gasteiger partial charge in [0.05, 0.1) is 4.88 Å². The summed E-state index contributed by atoms with van der Waals surface area (Å²) < 4.78 is 0. The average Bonchev–Trinajstić information content (AvgIpc) is 2.82. The number of allylic oxidation sites excluding steroid dienone is 1. The van der Waals surface area contributed by atoms with Crippen LogP contribution in [0.1, 0.15) is 32.1 Å². The van der Waals surface area contributed by atoms with Gasteiger partial charge in [0.2, 0.25) is 0 Å². The molecule has 3 heteroatoms. The third-order valence-corrected chi connectivity index (χ3v) is 4.23. The third-order valence-electron chi connectivity index (χ3n) is 3.18. The van der Waals surface area contributed by atoms with E-state index in [-0.39, 0.29) is 0 Å². The van der Waals surface area contributed by atoms with Crippen LogP contribution in [0.3, 0.4) is 0 Å². The molecular formula is C15H13NOS. The van der Waals surface area contributed by atoms with E-state index in [9.17, 15) is 4.79 Å². The van der Waals surface area contributed by atoms with Crippen LogP contribution in [0.5, 0.6) is 0 Å². The van der Waals surface area contributed by atoms with Gasteiger partial charge in [0.15, 0.2) is 6.29 Å². The number of aldehydes is 1. The van der Waals surface area contributed by atoms with Crippen molar-refractivity contribution in [2.75, 3.05) is 0 Å². The summed E-state index contributed by atoms with van der Waals surface area (Å²) in [6.07, 6.45) is 9.99. The summed E-state index contributed by atoms with van der Waals surface area (Å²) in [6, 6.07) is 6.10. The summed E-state index contributed by atoms with van der Waals surface area (Å²) in [6.45, 7) is 0. The highest BCUT2D eigenvalue weighted by molar-refractivity contribution is 7.14. The number of rotatable bonds is 3. The number of hydrogen-bond donors (Lipinski definition) is 0. The van der Waals surface area contributed by atoms with Crippen molar-refractivity contribution in [1.29, 1.82) is 0 Å². The molecule has 0 atom stereocenters. The molecule has 2 aromatic heterocycles. The molecule has 0 bridgehead atoms. The summed E-state index contributed by atoms with van der Waals surface area (Å²) in [4.78, 5) is 17.0. The monoisotopic (exact) mass is 255 g/mol. The number of pyridine rings is 1. The summed E-state index contributed by atoms with van der Waals surface area (Å²) in [5, 5.41) is 0. The maximum atomic E-state index is 10.8. The first kappa shape index (κ1) is 11.4. The molecule has 90 valence electrons. The van der Waals surface area contributed by atoms with E-state index in [0.29, 0.717) is 0 Å². The molecule has 0 unspecified atom stereocenters. The van der Waals surface area contributed by atoms with Crippen molar-refractivity contribution in [3.8, 4) is 0 Å². The van der Waals surface area contributed by atoms with Gasteiger partial charge in [-0.05, 0) is 48.6 Å². The Bertz CT molecular complexity index is 598. The van der Waals surface area contributed by atoms with Crippen LogP contribution in [0.2, 0.25) is 0 Å². The smallest absolute Gasteiger partial charge is 0.160 e. The molecule has 0 radical (unpaired) electrons. The number of aromatic nitrogens is 1. The first-order valence-electron chi connectivity index (χ1n) is 6.01. The Morgan fingerprint density at radius 3 is 3.11 bits per heavy atom. The second-order valence-electron chi connectivity index (χ2n) is 4.50. The largest absolute Gasteiger partial charge is 0.297 e. The summed E-state index contributed by atoms with van der Waals surface area (Å²) in [5.74, 6) is 0. The van der Waals surface area contributed by atoms with E-state index >= 15 is 0 Å². The number of thiophene rings is 1. The zero-order chi connectivity index (χ0) is 12.4. The van der Waals surface area contributed by atoms with Gasteiger partial charge in [0.25, 0.3) is 0 Å².